The van der Waals surface area contributed by atoms with Gasteiger partial charge in [-0.05, 0) is 55.7 Å². The maximum absolute atomic E-state index is 13.3. The van der Waals surface area contributed by atoms with E-state index in [1.807, 2.05) is 12.1 Å². The standard InChI is InChI=1S/C19H16F3N2O4S/c1-12-8-16(25)15(19(20,21)22)9-17(12)29(27,28)24(11-18(26)6-7-18)14-4-2-13(10-23)3-5-14/h2-5,9,15,26H,6-7,11H2,1H3. The summed E-state index contributed by atoms with van der Waals surface area (Å²) in [5, 5.41) is 19.2. The van der Waals surface area contributed by atoms with Gasteiger partial charge in [0.15, 0.2) is 5.78 Å². The minimum absolute atomic E-state index is 0.0819. The van der Waals surface area contributed by atoms with Crippen molar-refractivity contribution in [3.05, 3.63) is 52.5 Å². The van der Waals surface area contributed by atoms with E-state index in [2.05, 4.69) is 0 Å². The Kier molecular flexibility index (Phi) is 5.09. The summed E-state index contributed by atoms with van der Waals surface area (Å²) in [7, 11) is -4.56. The van der Waals surface area contributed by atoms with Crippen LogP contribution in [0.4, 0.5) is 18.9 Å². The fraction of sp³-hybridized carbons (Fsp3) is 0.368. The maximum Gasteiger partial charge on any atom is 0.402 e. The number of sulfonamides is 1. The molecular formula is C19H16F3N2O4S. The van der Waals surface area contributed by atoms with Crippen molar-refractivity contribution in [1.82, 2.24) is 0 Å². The van der Waals surface area contributed by atoms with Crippen LogP contribution in [0.15, 0.2) is 40.8 Å². The van der Waals surface area contributed by atoms with Crippen molar-refractivity contribution in [2.75, 3.05) is 10.8 Å². The Morgan fingerprint density at radius 3 is 2.38 bits per heavy atom. The van der Waals surface area contributed by atoms with Crippen LogP contribution in [0.1, 0.15) is 25.3 Å². The highest BCUT2D eigenvalue weighted by molar-refractivity contribution is 7.96. The summed E-state index contributed by atoms with van der Waals surface area (Å²) in [6, 6.07) is 7.28. The van der Waals surface area contributed by atoms with E-state index in [4.69, 9.17) is 5.26 Å². The molecule has 0 saturated heterocycles. The Morgan fingerprint density at radius 2 is 1.90 bits per heavy atom. The molecule has 2 aliphatic rings. The van der Waals surface area contributed by atoms with Crippen molar-refractivity contribution in [2.24, 2.45) is 5.92 Å². The number of hydrogen-bond acceptors (Lipinski definition) is 5. The molecule has 1 radical (unpaired) electrons. The number of Topliss-reactive ketones (excluding diaryl/α,β-unsaturated/α-hetero) is 1. The molecule has 0 bridgehead atoms. The molecule has 2 aliphatic carbocycles. The zero-order valence-electron chi connectivity index (χ0n) is 15.2. The van der Waals surface area contributed by atoms with Crippen LogP contribution in [-0.4, -0.2) is 37.6 Å². The third-order valence-electron chi connectivity index (χ3n) is 4.75. The van der Waals surface area contributed by atoms with Gasteiger partial charge in [-0.15, -0.1) is 0 Å². The van der Waals surface area contributed by atoms with E-state index in [0.29, 0.717) is 18.9 Å². The minimum atomic E-state index is -4.96. The van der Waals surface area contributed by atoms with Crippen LogP contribution < -0.4 is 4.31 Å². The number of anilines is 1. The molecule has 153 valence electrons. The fourth-order valence-corrected chi connectivity index (χ4v) is 4.70. The van der Waals surface area contributed by atoms with Gasteiger partial charge >= 0.3 is 6.18 Å². The van der Waals surface area contributed by atoms with Gasteiger partial charge in [-0.3, -0.25) is 9.10 Å². The minimum Gasteiger partial charge on any atom is -0.388 e. The lowest BCUT2D eigenvalue weighted by Gasteiger charge is -2.30. The average Bonchev–Trinajstić information content (AvgIpc) is 3.36. The van der Waals surface area contributed by atoms with Crippen LogP contribution in [-0.2, 0) is 14.8 Å². The Labute approximate surface area is 165 Å². The molecule has 0 spiro atoms. The highest BCUT2D eigenvalue weighted by Crippen LogP contribution is 2.41. The zero-order chi connectivity index (χ0) is 21.6. The van der Waals surface area contributed by atoms with Crippen molar-refractivity contribution in [2.45, 2.75) is 31.5 Å². The van der Waals surface area contributed by atoms with Crippen LogP contribution in [0.3, 0.4) is 0 Å². The van der Waals surface area contributed by atoms with Crippen LogP contribution in [0.25, 0.3) is 0 Å². The number of halogens is 3. The van der Waals surface area contributed by atoms with E-state index in [-0.39, 0.29) is 23.4 Å². The Morgan fingerprint density at radius 1 is 1.31 bits per heavy atom. The molecule has 0 aromatic heterocycles. The number of aliphatic hydroxyl groups is 1. The molecular weight excluding hydrogens is 409 g/mol. The predicted molar refractivity (Wildman–Crippen MR) is 96.7 cm³/mol. The van der Waals surface area contributed by atoms with E-state index >= 15 is 0 Å². The summed E-state index contributed by atoms with van der Waals surface area (Å²) in [4.78, 5) is 11.0. The van der Waals surface area contributed by atoms with E-state index < -0.39 is 38.4 Å². The molecule has 3 rings (SSSR count). The van der Waals surface area contributed by atoms with Crippen molar-refractivity contribution >= 4 is 21.5 Å². The summed E-state index contributed by atoms with van der Waals surface area (Å²) in [5.74, 6) is -3.97. The first-order chi connectivity index (χ1) is 13.4. The second kappa shape index (κ2) is 7.00. The maximum atomic E-state index is 13.3. The summed E-state index contributed by atoms with van der Waals surface area (Å²) in [5.41, 5.74) is -1.17. The lowest BCUT2D eigenvalue weighted by molar-refractivity contribution is -0.169. The first-order valence-electron chi connectivity index (χ1n) is 8.56. The van der Waals surface area contributed by atoms with Crippen LogP contribution >= 0.6 is 0 Å². The Bertz CT molecular complexity index is 1050. The van der Waals surface area contributed by atoms with Crippen molar-refractivity contribution in [3.63, 3.8) is 0 Å². The molecule has 1 fully saturated rings. The van der Waals surface area contributed by atoms with Crippen LogP contribution in [0, 0.1) is 23.3 Å². The third kappa shape index (κ3) is 4.21. The molecule has 1 atom stereocenters. The van der Waals surface area contributed by atoms with Gasteiger partial charge in [0.25, 0.3) is 10.0 Å². The lowest BCUT2D eigenvalue weighted by atomic mass is 9.95. The number of ketones is 1. The van der Waals surface area contributed by atoms with E-state index in [1.54, 1.807) is 0 Å². The molecule has 0 amide bonds. The molecule has 1 saturated carbocycles. The topological polar surface area (TPSA) is 98.5 Å². The molecule has 29 heavy (non-hydrogen) atoms. The predicted octanol–water partition coefficient (Wildman–Crippen LogP) is 2.61. The van der Waals surface area contributed by atoms with Gasteiger partial charge < -0.3 is 5.11 Å². The van der Waals surface area contributed by atoms with Gasteiger partial charge in [0.05, 0.1) is 34.4 Å². The molecule has 1 aromatic carbocycles. The number of hydrogen-bond donors (Lipinski definition) is 1. The number of alkyl halides is 3. The van der Waals surface area contributed by atoms with E-state index in [1.165, 1.54) is 31.2 Å². The number of allylic oxidation sites excluding steroid dienone is 3. The van der Waals surface area contributed by atoms with Gasteiger partial charge in [0.1, 0.15) is 5.92 Å². The first-order valence-corrected chi connectivity index (χ1v) is 10.00. The van der Waals surface area contributed by atoms with E-state index in [9.17, 15) is 31.5 Å². The monoisotopic (exact) mass is 425 g/mol. The number of carbonyl (C=O) groups excluding carboxylic acids is 1. The van der Waals surface area contributed by atoms with Crippen LogP contribution in [0.5, 0.6) is 0 Å². The highest BCUT2D eigenvalue weighted by Gasteiger charge is 2.48. The SMILES string of the molecule is CC1=[C]C(=O)C(C(F)(F)F)C=C1S(=O)(=O)N(CC1(O)CC1)c1ccc(C#N)cc1. The summed E-state index contributed by atoms with van der Waals surface area (Å²) < 4.78 is 66.9. The van der Waals surface area contributed by atoms with Gasteiger partial charge in [0, 0.05) is 6.08 Å². The lowest BCUT2D eigenvalue weighted by Crippen LogP contribution is -2.41. The number of rotatable bonds is 5. The quantitative estimate of drug-likeness (QED) is 0.782. The van der Waals surface area contributed by atoms with Gasteiger partial charge in [-0.1, -0.05) is 0 Å². The molecule has 1 N–H and O–H groups in total. The Hall–Kier alpha value is -2.64. The highest BCUT2D eigenvalue weighted by atomic mass is 32.2. The summed E-state index contributed by atoms with van der Waals surface area (Å²) >= 11 is 0. The van der Waals surface area contributed by atoms with Crippen molar-refractivity contribution in [3.8, 4) is 6.07 Å². The molecule has 1 unspecified atom stereocenters. The van der Waals surface area contributed by atoms with Gasteiger partial charge in [-0.2, -0.15) is 18.4 Å². The molecule has 10 heteroatoms. The van der Waals surface area contributed by atoms with Crippen LogP contribution in [0.2, 0.25) is 0 Å². The second-order valence-electron chi connectivity index (χ2n) is 7.06. The number of benzene rings is 1. The Balaban J connectivity index is 2.09. The zero-order valence-corrected chi connectivity index (χ0v) is 16.0. The van der Waals surface area contributed by atoms with Crippen molar-refractivity contribution < 1.29 is 31.5 Å². The molecule has 0 aliphatic heterocycles. The largest absolute Gasteiger partial charge is 0.402 e. The van der Waals surface area contributed by atoms with Gasteiger partial charge in [0.2, 0.25) is 0 Å². The normalized spacial score (nSPS) is 21.1. The van der Waals surface area contributed by atoms with Crippen molar-refractivity contribution in [1.29, 1.82) is 5.26 Å². The number of carbonyl (C=O) groups is 1. The first kappa shape index (κ1) is 21.1. The second-order valence-corrected chi connectivity index (χ2v) is 8.89. The average molecular weight is 425 g/mol. The molecule has 6 nitrogen and oxygen atoms in total. The number of nitrogens with zero attached hydrogens (tertiary/aromatic N) is 2. The fourth-order valence-electron chi connectivity index (χ4n) is 2.90. The smallest absolute Gasteiger partial charge is 0.388 e. The number of nitriles is 1. The molecule has 1 aromatic rings. The summed E-state index contributed by atoms with van der Waals surface area (Å²) in [6.07, 6.45) is -1.91. The molecule has 0 heterocycles. The van der Waals surface area contributed by atoms with Gasteiger partial charge in [-0.25, -0.2) is 8.42 Å². The summed E-state index contributed by atoms with van der Waals surface area (Å²) in [6.45, 7) is 0.827. The third-order valence-corrected chi connectivity index (χ3v) is 6.67. The van der Waals surface area contributed by atoms with E-state index in [0.717, 1.165) is 4.31 Å².